The predicted octanol–water partition coefficient (Wildman–Crippen LogP) is 2.17. The molecule has 158 valence electrons. The van der Waals surface area contributed by atoms with Crippen LogP contribution in [-0.2, 0) is 25.5 Å². The number of hydrogen-bond acceptors (Lipinski definition) is 5. The predicted molar refractivity (Wildman–Crippen MR) is 105 cm³/mol. The number of aryl methyl sites for hydroxylation is 1. The number of carbonyl (C=O) groups is 4. The molecule has 3 amide bonds. The molecule has 1 saturated heterocycles. The fourth-order valence-electron chi connectivity index (χ4n) is 3.52. The molecule has 1 aliphatic heterocycles. The minimum atomic E-state index is -1.23. The SMILES string of the molecule is CCOC(=O)[C@H](CCc1ccccc1)C[C@@H](C)C(=O)N1C(=O)N(C)C[C@H]1C(=O)O. The Bertz CT molecular complexity index is 751. The van der Waals surface area contributed by atoms with Crippen LogP contribution in [0.3, 0.4) is 0 Å². The van der Waals surface area contributed by atoms with Crippen LogP contribution in [0.1, 0.15) is 32.3 Å². The summed E-state index contributed by atoms with van der Waals surface area (Å²) in [6.07, 6.45) is 1.33. The quantitative estimate of drug-likeness (QED) is 0.633. The van der Waals surface area contributed by atoms with Gasteiger partial charge < -0.3 is 14.7 Å². The molecule has 0 aliphatic carbocycles. The number of ether oxygens (including phenoxy) is 1. The van der Waals surface area contributed by atoms with Crippen molar-refractivity contribution in [2.75, 3.05) is 20.2 Å². The van der Waals surface area contributed by atoms with E-state index in [2.05, 4.69) is 0 Å². The first kappa shape index (κ1) is 22.4. The average Bonchev–Trinajstić information content (AvgIpc) is 3.00. The maximum atomic E-state index is 12.9. The smallest absolute Gasteiger partial charge is 0.328 e. The number of amides is 3. The van der Waals surface area contributed by atoms with Gasteiger partial charge in [0.05, 0.1) is 19.1 Å². The van der Waals surface area contributed by atoms with Gasteiger partial charge in [-0.05, 0) is 31.7 Å². The van der Waals surface area contributed by atoms with Gasteiger partial charge in [-0.1, -0.05) is 37.3 Å². The summed E-state index contributed by atoms with van der Waals surface area (Å²) in [4.78, 5) is 51.0. The molecule has 1 heterocycles. The van der Waals surface area contributed by atoms with E-state index in [9.17, 15) is 24.3 Å². The largest absolute Gasteiger partial charge is 0.480 e. The van der Waals surface area contributed by atoms with Gasteiger partial charge in [-0.3, -0.25) is 9.59 Å². The maximum absolute atomic E-state index is 12.9. The lowest BCUT2D eigenvalue weighted by molar-refractivity contribution is -0.151. The van der Waals surface area contributed by atoms with Gasteiger partial charge in [0, 0.05) is 13.0 Å². The van der Waals surface area contributed by atoms with E-state index in [0.717, 1.165) is 10.5 Å². The Labute approximate surface area is 170 Å². The number of carboxylic acid groups (broad SMARTS) is 1. The van der Waals surface area contributed by atoms with Crippen LogP contribution in [0.4, 0.5) is 4.79 Å². The van der Waals surface area contributed by atoms with Crippen molar-refractivity contribution < 1.29 is 29.0 Å². The fourth-order valence-corrected chi connectivity index (χ4v) is 3.52. The first-order valence-corrected chi connectivity index (χ1v) is 9.77. The van der Waals surface area contributed by atoms with Gasteiger partial charge in [0.1, 0.15) is 0 Å². The summed E-state index contributed by atoms with van der Waals surface area (Å²) in [6, 6.07) is 7.83. The molecule has 2 rings (SSSR count). The molecule has 1 aliphatic rings. The number of aliphatic carboxylic acids is 1. The zero-order valence-corrected chi connectivity index (χ0v) is 17.0. The molecule has 0 spiro atoms. The summed E-state index contributed by atoms with van der Waals surface area (Å²) in [6.45, 7) is 3.51. The Morgan fingerprint density at radius 1 is 1.24 bits per heavy atom. The van der Waals surface area contributed by atoms with E-state index in [4.69, 9.17) is 4.74 Å². The molecular weight excluding hydrogens is 376 g/mol. The Hall–Kier alpha value is -2.90. The maximum Gasteiger partial charge on any atom is 0.328 e. The standard InChI is InChI=1S/C21H28N2O6/c1-4-29-20(27)16(11-10-15-8-6-5-7-9-15)12-14(2)18(24)23-17(19(25)26)13-22(3)21(23)28/h5-9,14,16-17H,4,10-13H2,1-3H3,(H,25,26)/t14-,16-,17+/m1/s1. The van der Waals surface area contributed by atoms with E-state index in [1.54, 1.807) is 13.8 Å². The molecular formula is C21H28N2O6. The van der Waals surface area contributed by atoms with Gasteiger partial charge in [-0.25, -0.2) is 14.5 Å². The Morgan fingerprint density at radius 2 is 1.90 bits per heavy atom. The molecule has 0 bridgehead atoms. The van der Waals surface area contributed by atoms with E-state index in [-0.39, 0.29) is 25.5 Å². The molecule has 29 heavy (non-hydrogen) atoms. The minimum Gasteiger partial charge on any atom is -0.480 e. The third kappa shape index (κ3) is 5.56. The zero-order chi connectivity index (χ0) is 21.6. The molecule has 1 fully saturated rings. The van der Waals surface area contributed by atoms with Crippen LogP contribution in [0.2, 0.25) is 0 Å². The van der Waals surface area contributed by atoms with Crippen molar-refractivity contribution in [2.24, 2.45) is 11.8 Å². The van der Waals surface area contributed by atoms with Crippen molar-refractivity contribution in [3.8, 4) is 0 Å². The van der Waals surface area contributed by atoms with E-state index in [1.165, 1.54) is 11.9 Å². The summed E-state index contributed by atoms with van der Waals surface area (Å²) >= 11 is 0. The number of imide groups is 1. The number of likely N-dealkylation sites (N-methyl/N-ethyl adjacent to an activating group) is 1. The summed E-state index contributed by atoms with van der Waals surface area (Å²) < 4.78 is 5.16. The van der Waals surface area contributed by atoms with Crippen LogP contribution in [0.5, 0.6) is 0 Å². The van der Waals surface area contributed by atoms with Crippen LogP contribution in [0, 0.1) is 11.8 Å². The van der Waals surface area contributed by atoms with Crippen molar-refractivity contribution in [3.63, 3.8) is 0 Å². The van der Waals surface area contributed by atoms with E-state index in [1.807, 2.05) is 30.3 Å². The van der Waals surface area contributed by atoms with Crippen LogP contribution >= 0.6 is 0 Å². The molecule has 1 N–H and O–H groups in total. The normalized spacial score (nSPS) is 18.4. The molecule has 1 aromatic rings. The molecule has 0 saturated carbocycles. The van der Waals surface area contributed by atoms with Crippen LogP contribution < -0.4 is 0 Å². The number of urea groups is 1. The van der Waals surface area contributed by atoms with Gasteiger partial charge >= 0.3 is 18.0 Å². The van der Waals surface area contributed by atoms with Gasteiger partial charge in [-0.2, -0.15) is 0 Å². The first-order chi connectivity index (χ1) is 13.8. The third-order valence-electron chi connectivity index (χ3n) is 5.12. The Kier molecular flexibility index (Phi) is 7.75. The lowest BCUT2D eigenvalue weighted by atomic mass is 9.89. The lowest BCUT2D eigenvalue weighted by Crippen LogP contribution is -2.46. The highest BCUT2D eigenvalue weighted by Crippen LogP contribution is 2.25. The lowest BCUT2D eigenvalue weighted by Gasteiger charge is -2.24. The first-order valence-electron chi connectivity index (χ1n) is 9.77. The molecule has 8 nitrogen and oxygen atoms in total. The number of carbonyl (C=O) groups excluding carboxylic acids is 3. The van der Waals surface area contributed by atoms with Crippen LogP contribution in [0.15, 0.2) is 30.3 Å². The van der Waals surface area contributed by atoms with Crippen LogP contribution in [-0.4, -0.2) is 65.0 Å². The molecule has 3 atom stereocenters. The average molecular weight is 404 g/mol. The van der Waals surface area contributed by atoms with E-state index >= 15 is 0 Å². The number of esters is 1. The van der Waals surface area contributed by atoms with Crippen molar-refractivity contribution in [1.29, 1.82) is 0 Å². The number of rotatable bonds is 9. The summed E-state index contributed by atoms with van der Waals surface area (Å²) in [5.74, 6) is -3.41. The topological polar surface area (TPSA) is 104 Å². The van der Waals surface area contributed by atoms with Gasteiger partial charge in [0.2, 0.25) is 5.91 Å². The minimum absolute atomic E-state index is 0.0536. The summed E-state index contributed by atoms with van der Waals surface area (Å²) in [7, 11) is 1.46. The summed E-state index contributed by atoms with van der Waals surface area (Å²) in [5, 5.41) is 9.35. The molecule has 8 heteroatoms. The van der Waals surface area contributed by atoms with Crippen molar-refractivity contribution in [3.05, 3.63) is 35.9 Å². The van der Waals surface area contributed by atoms with Gasteiger partial charge in [0.15, 0.2) is 6.04 Å². The highest BCUT2D eigenvalue weighted by atomic mass is 16.5. The van der Waals surface area contributed by atoms with Gasteiger partial charge in [0.25, 0.3) is 0 Å². The van der Waals surface area contributed by atoms with Crippen LogP contribution in [0.25, 0.3) is 0 Å². The van der Waals surface area contributed by atoms with E-state index in [0.29, 0.717) is 12.8 Å². The second-order valence-corrected chi connectivity index (χ2v) is 7.34. The third-order valence-corrected chi connectivity index (χ3v) is 5.12. The Morgan fingerprint density at radius 3 is 2.48 bits per heavy atom. The molecule has 0 unspecified atom stereocenters. The monoisotopic (exact) mass is 404 g/mol. The Balaban J connectivity index is 2.09. The second kappa shape index (κ2) is 10.0. The number of benzene rings is 1. The number of nitrogens with zero attached hydrogens (tertiary/aromatic N) is 2. The zero-order valence-electron chi connectivity index (χ0n) is 17.0. The van der Waals surface area contributed by atoms with E-state index < -0.39 is 35.8 Å². The second-order valence-electron chi connectivity index (χ2n) is 7.34. The van der Waals surface area contributed by atoms with Crippen molar-refractivity contribution in [1.82, 2.24) is 9.80 Å². The molecule has 1 aromatic carbocycles. The number of carboxylic acids is 1. The highest BCUT2D eigenvalue weighted by molar-refractivity contribution is 6.01. The highest BCUT2D eigenvalue weighted by Gasteiger charge is 2.45. The fraction of sp³-hybridized carbons (Fsp3) is 0.524. The molecule has 0 aromatic heterocycles. The van der Waals surface area contributed by atoms with Gasteiger partial charge in [-0.15, -0.1) is 0 Å². The number of hydrogen-bond donors (Lipinski definition) is 1. The molecule has 0 radical (unpaired) electrons. The van der Waals surface area contributed by atoms with Crippen molar-refractivity contribution >= 4 is 23.9 Å². The summed E-state index contributed by atoms with van der Waals surface area (Å²) in [5.41, 5.74) is 1.07. The van der Waals surface area contributed by atoms with Crippen molar-refractivity contribution in [2.45, 2.75) is 39.2 Å².